The third-order valence-electron chi connectivity index (χ3n) is 6.91. The van der Waals surface area contributed by atoms with Crippen LogP contribution in [0.2, 0.25) is 0 Å². The summed E-state index contributed by atoms with van der Waals surface area (Å²) in [5.41, 5.74) is 3.71. The highest BCUT2D eigenvalue weighted by Gasteiger charge is 2.43. The second-order valence-electron chi connectivity index (χ2n) is 9.60. The number of piperidine rings is 1. The third kappa shape index (κ3) is 5.09. The van der Waals surface area contributed by atoms with Gasteiger partial charge in [-0.05, 0) is 68.9 Å². The zero-order valence-electron chi connectivity index (χ0n) is 19.8. The monoisotopic (exact) mass is 457 g/mol. The van der Waals surface area contributed by atoms with E-state index in [-0.39, 0.29) is 17.4 Å². The molecule has 0 unspecified atom stereocenters. The van der Waals surface area contributed by atoms with E-state index in [9.17, 15) is 4.79 Å². The van der Waals surface area contributed by atoms with Crippen molar-refractivity contribution in [2.75, 3.05) is 25.0 Å². The van der Waals surface area contributed by atoms with Gasteiger partial charge in [-0.15, -0.1) is 0 Å². The van der Waals surface area contributed by atoms with Crippen LogP contribution in [-0.2, 0) is 11.2 Å². The minimum atomic E-state index is 0.0810. The first-order valence-corrected chi connectivity index (χ1v) is 12.0. The molecule has 7 heteroatoms. The summed E-state index contributed by atoms with van der Waals surface area (Å²) in [6.45, 7) is 6.13. The van der Waals surface area contributed by atoms with Crippen molar-refractivity contribution in [1.82, 2.24) is 19.9 Å². The van der Waals surface area contributed by atoms with E-state index >= 15 is 0 Å². The summed E-state index contributed by atoms with van der Waals surface area (Å²) < 4.78 is 6.16. The molecule has 0 bridgehead atoms. The lowest BCUT2D eigenvalue weighted by molar-refractivity contribution is 0.0495. The molecule has 2 fully saturated rings. The summed E-state index contributed by atoms with van der Waals surface area (Å²) in [5.74, 6) is 1.53. The Hall–Kier alpha value is -3.32. The van der Waals surface area contributed by atoms with Crippen LogP contribution in [0.5, 0.6) is 0 Å². The van der Waals surface area contributed by atoms with Gasteiger partial charge in [0.2, 0.25) is 0 Å². The number of aromatic nitrogens is 3. The molecule has 0 radical (unpaired) electrons. The normalized spacial score (nSPS) is 19.4. The summed E-state index contributed by atoms with van der Waals surface area (Å²) in [5, 5.41) is 3.30. The molecule has 5 rings (SSSR count). The van der Waals surface area contributed by atoms with Crippen molar-refractivity contribution in [3.8, 4) is 0 Å². The first kappa shape index (κ1) is 22.5. The number of hydrogen-bond donors (Lipinski definition) is 1. The lowest BCUT2D eigenvalue weighted by Crippen LogP contribution is -2.43. The molecule has 2 aromatic heterocycles. The molecular weight excluding hydrogens is 426 g/mol. The molecule has 34 heavy (non-hydrogen) atoms. The number of benzene rings is 1. The Balaban J connectivity index is 1.19. The van der Waals surface area contributed by atoms with Gasteiger partial charge >= 0.3 is 0 Å². The second kappa shape index (κ2) is 9.50. The Labute approximate surface area is 200 Å². The molecular formula is C27H31N5O2. The second-order valence-corrected chi connectivity index (χ2v) is 9.60. The van der Waals surface area contributed by atoms with Crippen molar-refractivity contribution < 1.29 is 9.53 Å². The van der Waals surface area contributed by atoms with Gasteiger partial charge < -0.3 is 15.0 Å². The highest BCUT2D eigenvalue weighted by atomic mass is 16.5. The van der Waals surface area contributed by atoms with Crippen LogP contribution in [0, 0.1) is 19.3 Å². The first-order chi connectivity index (χ1) is 16.5. The molecule has 1 atom stereocenters. The Kier molecular flexibility index (Phi) is 6.28. The van der Waals surface area contributed by atoms with Crippen LogP contribution in [-0.4, -0.2) is 51.6 Å². The fourth-order valence-corrected chi connectivity index (χ4v) is 5.15. The Morgan fingerprint density at radius 2 is 1.97 bits per heavy atom. The molecule has 2 aliphatic heterocycles. The molecule has 1 aromatic carbocycles. The molecule has 7 nitrogen and oxygen atoms in total. The predicted octanol–water partition coefficient (Wildman–Crippen LogP) is 4.49. The molecule has 4 heterocycles. The highest BCUT2D eigenvalue weighted by Crippen LogP contribution is 2.42. The minimum absolute atomic E-state index is 0.0810. The van der Waals surface area contributed by atoms with Crippen LogP contribution in [0.1, 0.15) is 46.8 Å². The number of nitrogens with zero attached hydrogens (tertiary/aromatic N) is 4. The minimum Gasteiger partial charge on any atom is -0.377 e. The Bertz CT molecular complexity index is 1140. The quantitative estimate of drug-likeness (QED) is 0.608. The largest absolute Gasteiger partial charge is 0.377 e. The maximum Gasteiger partial charge on any atom is 0.253 e. The number of ether oxygens (including phenoxy) is 1. The van der Waals surface area contributed by atoms with E-state index in [1.807, 2.05) is 67.4 Å². The summed E-state index contributed by atoms with van der Waals surface area (Å²) in [7, 11) is 0. The zero-order chi connectivity index (χ0) is 23.5. The van der Waals surface area contributed by atoms with Crippen LogP contribution in [0.3, 0.4) is 0 Å². The van der Waals surface area contributed by atoms with Gasteiger partial charge in [0.15, 0.2) is 0 Å². The summed E-state index contributed by atoms with van der Waals surface area (Å²) >= 11 is 0. The number of rotatable bonds is 5. The van der Waals surface area contributed by atoms with Gasteiger partial charge in [0, 0.05) is 54.4 Å². The fourth-order valence-electron chi connectivity index (χ4n) is 5.15. The lowest BCUT2D eigenvalue weighted by Gasteiger charge is -2.38. The molecule has 0 saturated carbocycles. The summed E-state index contributed by atoms with van der Waals surface area (Å²) in [6, 6.07) is 15.6. The SMILES string of the molecule is Cc1cc(Nc2cccc(C(=O)N3CCC4(CC3)CO[C@H](Cc3ccccn3)C4)c2)nc(C)n1. The first-order valence-electron chi connectivity index (χ1n) is 12.0. The van der Waals surface area contributed by atoms with Crippen LogP contribution < -0.4 is 5.32 Å². The lowest BCUT2D eigenvalue weighted by atomic mass is 9.76. The van der Waals surface area contributed by atoms with Crippen LogP contribution in [0.4, 0.5) is 11.5 Å². The van der Waals surface area contributed by atoms with Gasteiger partial charge in [-0.2, -0.15) is 0 Å². The number of pyridine rings is 1. The van der Waals surface area contributed by atoms with E-state index < -0.39 is 0 Å². The average molecular weight is 458 g/mol. The molecule has 176 valence electrons. The van der Waals surface area contributed by atoms with Crippen molar-refractivity contribution in [2.24, 2.45) is 5.41 Å². The van der Waals surface area contributed by atoms with Crippen molar-refractivity contribution in [2.45, 2.75) is 45.6 Å². The summed E-state index contributed by atoms with van der Waals surface area (Å²) in [4.78, 5) is 28.4. The van der Waals surface area contributed by atoms with Gasteiger partial charge in [-0.3, -0.25) is 9.78 Å². The molecule has 0 aliphatic carbocycles. The maximum absolute atomic E-state index is 13.3. The smallest absolute Gasteiger partial charge is 0.253 e. The molecule has 2 aliphatic rings. The van der Waals surface area contributed by atoms with Gasteiger partial charge in [0.05, 0.1) is 12.7 Å². The Morgan fingerprint density at radius 1 is 1.12 bits per heavy atom. The van der Waals surface area contributed by atoms with Gasteiger partial charge in [0.1, 0.15) is 11.6 Å². The van der Waals surface area contributed by atoms with E-state index in [4.69, 9.17) is 4.74 Å². The fraction of sp³-hybridized carbons (Fsp3) is 0.407. The van der Waals surface area contributed by atoms with E-state index in [1.54, 1.807) is 0 Å². The van der Waals surface area contributed by atoms with E-state index in [1.165, 1.54) is 0 Å². The number of nitrogens with one attached hydrogen (secondary N) is 1. The van der Waals surface area contributed by atoms with E-state index in [2.05, 4.69) is 26.3 Å². The van der Waals surface area contributed by atoms with Gasteiger partial charge in [-0.1, -0.05) is 12.1 Å². The van der Waals surface area contributed by atoms with Crippen LogP contribution in [0.25, 0.3) is 0 Å². The number of amides is 1. The van der Waals surface area contributed by atoms with E-state index in [0.717, 1.165) is 74.1 Å². The number of anilines is 2. The number of aryl methyl sites for hydroxylation is 2. The Morgan fingerprint density at radius 3 is 2.74 bits per heavy atom. The zero-order valence-corrected chi connectivity index (χ0v) is 19.8. The molecule has 1 spiro atoms. The van der Waals surface area contributed by atoms with Crippen LogP contribution in [0.15, 0.2) is 54.7 Å². The standard InChI is InChI=1S/C27H31N5O2/c1-19-14-25(30-20(2)29-19)31-23-8-5-6-21(15-23)26(33)32-12-9-27(10-13-32)17-24(34-18-27)16-22-7-3-4-11-28-22/h3-8,11,14-15,24H,9-10,12-13,16-18H2,1-2H3,(H,29,30,31)/t24-/m1/s1. The highest BCUT2D eigenvalue weighted by molar-refractivity contribution is 5.95. The molecule has 1 N–H and O–H groups in total. The topological polar surface area (TPSA) is 80.2 Å². The number of carbonyl (C=O) groups is 1. The van der Waals surface area contributed by atoms with E-state index in [0.29, 0.717) is 5.56 Å². The van der Waals surface area contributed by atoms with Crippen molar-refractivity contribution in [3.63, 3.8) is 0 Å². The van der Waals surface area contributed by atoms with Gasteiger partial charge in [-0.25, -0.2) is 9.97 Å². The molecule has 1 amide bonds. The van der Waals surface area contributed by atoms with Crippen molar-refractivity contribution >= 4 is 17.4 Å². The predicted molar refractivity (Wildman–Crippen MR) is 131 cm³/mol. The van der Waals surface area contributed by atoms with Crippen molar-refractivity contribution in [1.29, 1.82) is 0 Å². The number of carbonyl (C=O) groups excluding carboxylic acids is 1. The average Bonchev–Trinajstić information content (AvgIpc) is 3.21. The number of likely N-dealkylation sites (tertiary alicyclic amines) is 1. The van der Waals surface area contributed by atoms with Gasteiger partial charge in [0.25, 0.3) is 5.91 Å². The number of hydrogen-bond acceptors (Lipinski definition) is 6. The third-order valence-corrected chi connectivity index (χ3v) is 6.91. The maximum atomic E-state index is 13.3. The van der Waals surface area contributed by atoms with Crippen molar-refractivity contribution in [3.05, 3.63) is 77.5 Å². The van der Waals surface area contributed by atoms with Crippen LogP contribution >= 0.6 is 0 Å². The molecule has 2 saturated heterocycles. The molecule has 3 aromatic rings. The summed E-state index contributed by atoms with van der Waals surface area (Å²) in [6.07, 6.45) is 5.92.